The topological polar surface area (TPSA) is 127 Å². The number of para-hydroxylation sites is 1. The Bertz CT molecular complexity index is 1110. The van der Waals surface area contributed by atoms with E-state index in [-0.39, 0.29) is 5.69 Å². The van der Waals surface area contributed by atoms with Gasteiger partial charge in [0.1, 0.15) is 17.9 Å². The van der Waals surface area contributed by atoms with Crippen molar-refractivity contribution < 1.29 is 18.9 Å². The minimum absolute atomic E-state index is 0.0200. The molecular weight excluding hydrogens is 412 g/mol. The number of benzene rings is 2. The van der Waals surface area contributed by atoms with Gasteiger partial charge in [0, 0.05) is 17.7 Å². The zero-order chi connectivity index (χ0) is 21.5. The lowest BCUT2D eigenvalue weighted by Crippen LogP contribution is -2.24. The van der Waals surface area contributed by atoms with Crippen LogP contribution in [0.4, 0.5) is 11.4 Å². The Balaban J connectivity index is 1.51. The Kier molecular flexibility index (Phi) is 6.56. The largest absolute Gasteiger partial charge is 0.455 e. The average molecular weight is 427 g/mol. The van der Waals surface area contributed by atoms with Crippen molar-refractivity contribution in [3.8, 4) is 11.3 Å². The third kappa shape index (κ3) is 5.52. The van der Waals surface area contributed by atoms with E-state index in [0.717, 1.165) is 0 Å². The van der Waals surface area contributed by atoms with Gasteiger partial charge >= 0.3 is 0 Å². The van der Waals surface area contributed by atoms with Crippen LogP contribution in [0.3, 0.4) is 0 Å². The molecule has 9 nitrogen and oxygen atoms in total. The maximum Gasteiger partial charge on any atom is 0.269 e. The molecule has 0 aliphatic rings. The minimum atomic E-state index is -0.613. The second-order valence-electron chi connectivity index (χ2n) is 6.00. The normalized spacial score (nSPS) is 10.7. The lowest BCUT2D eigenvalue weighted by Gasteiger charge is -2.05. The number of carbonyl (C=O) groups excluding carboxylic acids is 2. The Morgan fingerprint density at radius 3 is 2.50 bits per heavy atom. The summed E-state index contributed by atoms with van der Waals surface area (Å²) in [5, 5.41) is 17.4. The number of amides is 2. The Labute approximate surface area is 175 Å². The van der Waals surface area contributed by atoms with Crippen LogP contribution in [0.15, 0.2) is 70.2 Å². The molecule has 0 aliphatic carbocycles. The number of nitrogens with one attached hydrogen (secondary N) is 2. The lowest BCUT2D eigenvalue weighted by atomic mass is 10.1. The predicted octanol–water partition coefficient (Wildman–Crippen LogP) is 3.99. The van der Waals surface area contributed by atoms with Crippen molar-refractivity contribution in [3.05, 3.63) is 81.6 Å². The van der Waals surface area contributed by atoms with Crippen LogP contribution < -0.4 is 10.7 Å². The first-order chi connectivity index (χ1) is 14.4. The molecule has 0 spiro atoms. The molecule has 2 N–H and O–H groups in total. The molecule has 1 heterocycles. The molecule has 2 aromatic carbocycles. The number of halogens is 1. The number of nitro benzene ring substituents is 1. The molecule has 0 radical (unpaired) electrons. The SMILES string of the molecule is O=C(CC(=O)Nc1ccccc1Cl)NN=Cc1ccc(-c2ccc([N+](=O)[O-])cc2)o1. The monoisotopic (exact) mass is 426 g/mol. The highest BCUT2D eigenvalue weighted by Gasteiger charge is 2.11. The third-order valence-electron chi connectivity index (χ3n) is 3.84. The summed E-state index contributed by atoms with van der Waals surface area (Å²) >= 11 is 5.94. The Hall–Kier alpha value is -3.98. The maximum atomic E-state index is 11.9. The fourth-order valence-corrected chi connectivity index (χ4v) is 2.62. The first kappa shape index (κ1) is 20.7. The maximum absolute atomic E-state index is 11.9. The summed E-state index contributed by atoms with van der Waals surface area (Å²) < 4.78 is 5.56. The lowest BCUT2D eigenvalue weighted by molar-refractivity contribution is -0.384. The molecular formula is C20H15ClN4O5. The van der Waals surface area contributed by atoms with Crippen molar-refractivity contribution in [1.82, 2.24) is 5.43 Å². The predicted molar refractivity (Wildman–Crippen MR) is 111 cm³/mol. The number of non-ortho nitro benzene ring substituents is 1. The second kappa shape index (κ2) is 9.48. The number of hydrogen-bond acceptors (Lipinski definition) is 6. The van der Waals surface area contributed by atoms with Gasteiger partial charge in [-0.05, 0) is 36.4 Å². The van der Waals surface area contributed by atoms with Gasteiger partial charge in [-0.2, -0.15) is 5.10 Å². The van der Waals surface area contributed by atoms with E-state index in [9.17, 15) is 19.7 Å². The number of furan rings is 1. The summed E-state index contributed by atoms with van der Waals surface area (Å²) in [4.78, 5) is 33.9. The third-order valence-corrected chi connectivity index (χ3v) is 4.17. The van der Waals surface area contributed by atoms with Crippen LogP contribution in [-0.4, -0.2) is 23.0 Å². The van der Waals surface area contributed by atoms with Crippen LogP contribution in [0.5, 0.6) is 0 Å². The Morgan fingerprint density at radius 2 is 1.80 bits per heavy atom. The zero-order valence-corrected chi connectivity index (χ0v) is 16.1. The quantitative estimate of drug-likeness (QED) is 0.255. The van der Waals surface area contributed by atoms with E-state index in [1.54, 1.807) is 48.5 Å². The smallest absolute Gasteiger partial charge is 0.269 e. The molecule has 1 aromatic heterocycles. The number of nitro groups is 1. The van der Waals surface area contributed by atoms with Crippen LogP contribution in [0.25, 0.3) is 11.3 Å². The van der Waals surface area contributed by atoms with E-state index in [1.807, 2.05) is 0 Å². The van der Waals surface area contributed by atoms with Gasteiger partial charge in [-0.15, -0.1) is 0 Å². The molecule has 0 saturated carbocycles. The van der Waals surface area contributed by atoms with Crippen LogP contribution in [0.2, 0.25) is 5.02 Å². The molecule has 3 aromatic rings. The molecule has 0 atom stereocenters. The minimum Gasteiger partial charge on any atom is -0.455 e. The Morgan fingerprint density at radius 1 is 1.07 bits per heavy atom. The van der Waals surface area contributed by atoms with Crippen molar-refractivity contribution in [1.29, 1.82) is 0 Å². The van der Waals surface area contributed by atoms with E-state index in [0.29, 0.717) is 27.8 Å². The number of hydrogen-bond donors (Lipinski definition) is 2. The van der Waals surface area contributed by atoms with Crippen molar-refractivity contribution in [3.63, 3.8) is 0 Å². The zero-order valence-electron chi connectivity index (χ0n) is 15.4. The number of hydrazone groups is 1. The summed E-state index contributed by atoms with van der Waals surface area (Å²) in [6.07, 6.45) is 0.841. The van der Waals surface area contributed by atoms with E-state index in [2.05, 4.69) is 15.8 Å². The van der Waals surface area contributed by atoms with Gasteiger partial charge in [0.25, 0.3) is 5.69 Å². The van der Waals surface area contributed by atoms with Crippen LogP contribution in [-0.2, 0) is 9.59 Å². The highest BCUT2D eigenvalue weighted by atomic mass is 35.5. The van der Waals surface area contributed by atoms with Gasteiger partial charge in [-0.1, -0.05) is 23.7 Å². The van der Waals surface area contributed by atoms with Crippen LogP contribution in [0.1, 0.15) is 12.2 Å². The fraction of sp³-hybridized carbons (Fsp3) is 0.0500. The standard InChI is InChI=1S/C20H15ClN4O5/c21-16-3-1-2-4-17(16)23-19(26)11-20(27)24-22-12-15-9-10-18(30-15)13-5-7-14(8-6-13)25(28)29/h1-10,12H,11H2,(H,23,26)(H,24,27). The van der Waals surface area contributed by atoms with Gasteiger partial charge < -0.3 is 9.73 Å². The average Bonchev–Trinajstić information content (AvgIpc) is 3.18. The van der Waals surface area contributed by atoms with Crippen molar-refractivity contribution >= 4 is 41.0 Å². The second-order valence-corrected chi connectivity index (χ2v) is 6.41. The van der Waals surface area contributed by atoms with E-state index in [1.165, 1.54) is 18.3 Å². The summed E-state index contributed by atoms with van der Waals surface area (Å²) in [5.74, 6) is -0.312. The summed E-state index contributed by atoms with van der Waals surface area (Å²) in [7, 11) is 0. The van der Waals surface area contributed by atoms with E-state index < -0.39 is 23.2 Å². The summed E-state index contributed by atoms with van der Waals surface area (Å²) in [6.45, 7) is 0. The van der Waals surface area contributed by atoms with Gasteiger partial charge in [0.05, 0.1) is 21.8 Å². The molecule has 0 aliphatic heterocycles. The molecule has 10 heteroatoms. The van der Waals surface area contributed by atoms with Crippen LogP contribution >= 0.6 is 11.6 Å². The first-order valence-electron chi connectivity index (χ1n) is 8.63. The molecule has 152 valence electrons. The summed E-state index contributed by atoms with van der Waals surface area (Å²) in [6, 6.07) is 15.8. The molecule has 0 bridgehead atoms. The number of rotatable bonds is 7. The molecule has 30 heavy (non-hydrogen) atoms. The van der Waals surface area contributed by atoms with Crippen LogP contribution in [0, 0.1) is 10.1 Å². The molecule has 0 saturated heterocycles. The summed E-state index contributed by atoms with van der Waals surface area (Å²) in [5.41, 5.74) is 3.28. The highest BCUT2D eigenvalue weighted by Crippen LogP contribution is 2.24. The molecule has 2 amide bonds. The number of nitrogens with zero attached hydrogens (tertiary/aromatic N) is 2. The molecule has 0 fully saturated rings. The van der Waals surface area contributed by atoms with Crippen molar-refractivity contribution in [2.45, 2.75) is 6.42 Å². The molecule has 0 unspecified atom stereocenters. The number of anilines is 1. The highest BCUT2D eigenvalue weighted by molar-refractivity contribution is 6.33. The van der Waals surface area contributed by atoms with E-state index >= 15 is 0 Å². The van der Waals surface area contributed by atoms with Gasteiger partial charge in [0.2, 0.25) is 11.8 Å². The van der Waals surface area contributed by atoms with E-state index in [4.69, 9.17) is 16.0 Å². The van der Waals surface area contributed by atoms with Crippen molar-refractivity contribution in [2.24, 2.45) is 5.10 Å². The van der Waals surface area contributed by atoms with Gasteiger partial charge in [-0.25, -0.2) is 5.43 Å². The van der Waals surface area contributed by atoms with Gasteiger partial charge in [0.15, 0.2) is 0 Å². The van der Waals surface area contributed by atoms with Crippen molar-refractivity contribution in [2.75, 3.05) is 5.32 Å². The first-order valence-corrected chi connectivity index (χ1v) is 9.01. The molecule has 3 rings (SSSR count). The number of carbonyl (C=O) groups is 2. The fourth-order valence-electron chi connectivity index (χ4n) is 2.44. The van der Waals surface area contributed by atoms with Gasteiger partial charge in [-0.3, -0.25) is 19.7 Å².